The van der Waals surface area contributed by atoms with E-state index >= 15 is 4.39 Å². The third-order valence-corrected chi connectivity index (χ3v) is 8.36. The van der Waals surface area contributed by atoms with Gasteiger partial charge in [-0.25, -0.2) is 13.2 Å². The average Bonchev–Trinajstić information content (AvgIpc) is 3.34. The first-order valence-electron chi connectivity index (χ1n) is 12.3. The maximum absolute atomic E-state index is 15.5. The molecular weight excluding hydrogens is 525 g/mol. The van der Waals surface area contributed by atoms with Crippen molar-refractivity contribution in [2.24, 2.45) is 5.16 Å². The van der Waals surface area contributed by atoms with E-state index in [1.807, 2.05) is 18.2 Å². The summed E-state index contributed by atoms with van der Waals surface area (Å²) < 4.78 is 51.8. The minimum Gasteiger partial charge on any atom is -0.494 e. The fourth-order valence-corrected chi connectivity index (χ4v) is 6.53. The first kappa shape index (κ1) is 26.6. The number of thioether (sulfide) groups is 1. The van der Waals surface area contributed by atoms with Gasteiger partial charge in [-0.3, -0.25) is 9.36 Å². The molecule has 3 aromatic carbocycles. The van der Waals surface area contributed by atoms with Crippen molar-refractivity contribution >= 4 is 18.0 Å². The van der Waals surface area contributed by atoms with Gasteiger partial charge in [0.05, 0.1) is 30.0 Å². The van der Waals surface area contributed by atoms with Crippen molar-refractivity contribution in [2.75, 3.05) is 12.9 Å². The maximum Gasteiger partial charge on any atom is 0.259 e. The van der Waals surface area contributed by atoms with Gasteiger partial charge in [-0.2, -0.15) is 0 Å². The van der Waals surface area contributed by atoms with Crippen molar-refractivity contribution in [3.63, 3.8) is 0 Å². The second kappa shape index (κ2) is 11.0. The second-order valence-corrected chi connectivity index (χ2v) is 10.3. The van der Waals surface area contributed by atoms with Gasteiger partial charge in [0.2, 0.25) is 0 Å². The number of ether oxygens (including phenoxy) is 1. The van der Waals surface area contributed by atoms with E-state index in [9.17, 15) is 13.6 Å². The summed E-state index contributed by atoms with van der Waals surface area (Å²) in [5.74, 6) is -1.55. The molecule has 0 saturated carbocycles. The molecule has 1 unspecified atom stereocenters. The predicted octanol–water partition coefficient (Wildman–Crippen LogP) is 6.54. The number of benzene rings is 3. The van der Waals surface area contributed by atoms with Crippen LogP contribution in [0, 0.1) is 24.4 Å². The van der Waals surface area contributed by atoms with E-state index in [4.69, 9.17) is 9.94 Å². The van der Waals surface area contributed by atoms with Gasteiger partial charge in [-0.1, -0.05) is 47.6 Å². The van der Waals surface area contributed by atoms with Crippen molar-refractivity contribution in [2.45, 2.75) is 30.8 Å². The van der Waals surface area contributed by atoms with Gasteiger partial charge in [0, 0.05) is 23.3 Å². The molecule has 0 aliphatic carbocycles. The summed E-state index contributed by atoms with van der Waals surface area (Å²) in [5.41, 5.74) is 2.26. The first-order chi connectivity index (χ1) is 18.8. The van der Waals surface area contributed by atoms with Crippen molar-refractivity contribution in [3.8, 4) is 16.9 Å². The Balaban J connectivity index is 1.74. The van der Waals surface area contributed by atoms with Crippen molar-refractivity contribution < 1.29 is 23.1 Å². The zero-order chi connectivity index (χ0) is 27.7. The highest BCUT2D eigenvalue weighted by Gasteiger charge is 2.32. The Bertz CT molecular complexity index is 1630. The quantitative estimate of drug-likeness (QED) is 0.161. The largest absolute Gasteiger partial charge is 0.494 e. The van der Waals surface area contributed by atoms with Crippen molar-refractivity contribution in [1.82, 2.24) is 4.57 Å². The number of oxime groups is 1. The number of nitrogens with zero attached hydrogens (tertiary/aromatic N) is 2. The zero-order valence-electron chi connectivity index (χ0n) is 21.2. The number of aromatic nitrogens is 1. The summed E-state index contributed by atoms with van der Waals surface area (Å²) in [6.07, 6.45) is 1.66. The van der Waals surface area contributed by atoms with Gasteiger partial charge in [-0.15, -0.1) is 11.8 Å². The Hall–Kier alpha value is -3.98. The third kappa shape index (κ3) is 4.83. The molecule has 1 aromatic heterocycles. The van der Waals surface area contributed by atoms with Gasteiger partial charge in [0.1, 0.15) is 11.6 Å². The SMILES string of the molecule is COc1cccc(-c2c(C)c(Cc3c(F)cccc3F)c3n(c2=O)C(Cc2ccccc2/C=N\O)CS3)c1F. The topological polar surface area (TPSA) is 63.8 Å². The third-order valence-electron chi connectivity index (χ3n) is 7.09. The minimum absolute atomic E-state index is 0.0124. The molecular formula is C30H25F3N2O3S. The van der Waals surface area contributed by atoms with E-state index in [1.54, 1.807) is 23.6 Å². The van der Waals surface area contributed by atoms with Crippen LogP contribution in [0.1, 0.15) is 33.9 Å². The lowest BCUT2D eigenvalue weighted by molar-refractivity contribution is 0.322. The molecule has 4 aromatic rings. The van der Waals surface area contributed by atoms with Crippen LogP contribution in [0.5, 0.6) is 5.75 Å². The highest BCUT2D eigenvalue weighted by Crippen LogP contribution is 2.41. The maximum atomic E-state index is 15.5. The molecule has 0 saturated heterocycles. The van der Waals surface area contributed by atoms with Crippen LogP contribution in [-0.2, 0) is 12.8 Å². The fraction of sp³-hybridized carbons (Fsp3) is 0.200. The molecule has 5 rings (SSSR count). The molecule has 1 atom stereocenters. The highest BCUT2D eigenvalue weighted by atomic mass is 32.2. The molecule has 0 radical (unpaired) electrons. The van der Waals surface area contributed by atoms with Crippen LogP contribution in [0.4, 0.5) is 13.2 Å². The molecule has 39 heavy (non-hydrogen) atoms. The molecule has 0 amide bonds. The molecule has 2 heterocycles. The first-order valence-corrected chi connectivity index (χ1v) is 13.3. The van der Waals surface area contributed by atoms with E-state index in [2.05, 4.69) is 5.16 Å². The summed E-state index contributed by atoms with van der Waals surface area (Å²) in [6, 6.07) is 15.3. The number of hydrogen-bond acceptors (Lipinski definition) is 5. The van der Waals surface area contributed by atoms with Gasteiger partial charge in [0.15, 0.2) is 11.6 Å². The monoisotopic (exact) mass is 550 g/mol. The Morgan fingerprint density at radius 2 is 1.77 bits per heavy atom. The van der Waals surface area contributed by atoms with E-state index < -0.39 is 23.0 Å². The van der Waals surface area contributed by atoms with E-state index in [-0.39, 0.29) is 34.9 Å². The summed E-state index contributed by atoms with van der Waals surface area (Å²) in [4.78, 5) is 14.1. The van der Waals surface area contributed by atoms with E-state index in [1.165, 1.54) is 55.4 Å². The van der Waals surface area contributed by atoms with Crippen LogP contribution in [-0.4, -0.2) is 28.9 Å². The zero-order valence-corrected chi connectivity index (χ0v) is 22.1. The number of pyridine rings is 1. The lowest BCUT2D eigenvalue weighted by Crippen LogP contribution is -2.29. The van der Waals surface area contributed by atoms with Crippen LogP contribution in [0.25, 0.3) is 11.1 Å². The molecule has 0 bridgehead atoms. The standard InChI is InChI=1S/C30H25F3N2O3S/c1-17-22(14-23-24(31)10-6-11-25(23)32)30-35(29(36)27(17)21-9-5-12-26(38-2)28(21)33)20(16-39-30)13-18-7-3-4-8-19(18)15-34-37/h3-12,15,20,37H,13-14,16H2,1-2H3/b34-15-. The molecule has 9 heteroatoms. The van der Waals surface area contributed by atoms with Gasteiger partial charge in [-0.05, 0) is 53.8 Å². The van der Waals surface area contributed by atoms with Gasteiger partial charge in [0.25, 0.3) is 5.56 Å². The molecule has 5 nitrogen and oxygen atoms in total. The normalized spacial score (nSPS) is 14.6. The Kier molecular flexibility index (Phi) is 7.52. The lowest BCUT2D eigenvalue weighted by Gasteiger charge is -2.21. The average molecular weight is 551 g/mol. The number of methoxy groups -OCH3 is 1. The Labute approximate surface area is 227 Å². The van der Waals surface area contributed by atoms with Crippen LogP contribution in [0.15, 0.2) is 75.6 Å². The summed E-state index contributed by atoms with van der Waals surface area (Å²) in [6.45, 7) is 1.69. The van der Waals surface area contributed by atoms with Crippen molar-refractivity contribution in [3.05, 3.63) is 116 Å². The Morgan fingerprint density at radius 3 is 2.49 bits per heavy atom. The predicted molar refractivity (Wildman–Crippen MR) is 146 cm³/mol. The summed E-state index contributed by atoms with van der Waals surface area (Å²) in [5, 5.41) is 12.8. The minimum atomic E-state index is -0.690. The van der Waals surface area contributed by atoms with Crippen LogP contribution in [0.2, 0.25) is 0 Å². The van der Waals surface area contributed by atoms with Crippen LogP contribution in [0.3, 0.4) is 0 Å². The molecule has 1 aliphatic rings. The number of rotatable bonds is 7. The lowest BCUT2D eigenvalue weighted by atomic mass is 9.93. The van der Waals surface area contributed by atoms with Crippen molar-refractivity contribution in [1.29, 1.82) is 0 Å². The molecule has 1 N–H and O–H groups in total. The van der Waals surface area contributed by atoms with E-state index in [0.717, 1.165) is 5.56 Å². The number of fused-ring (bicyclic) bond motifs is 1. The number of halogens is 3. The molecule has 0 spiro atoms. The molecule has 1 aliphatic heterocycles. The van der Waals surface area contributed by atoms with Crippen LogP contribution < -0.4 is 10.3 Å². The summed E-state index contributed by atoms with van der Waals surface area (Å²) in [7, 11) is 1.34. The van der Waals surface area contributed by atoms with E-state index in [0.29, 0.717) is 33.9 Å². The molecule has 200 valence electrons. The van der Waals surface area contributed by atoms with Gasteiger partial charge < -0.3 is 9.94 Å². The Morgan fingerprint density at radius 1 is 1.05 bits per heavy atom. The fourth-order valence-electron chi connectivity index (χ4n) is 5.14. The highest BCUT2D eigenvalue weighted by molar-refractivity contribution is 7.99. The molecule has 0 fully saturated rings. The van der Waals surface area contributed by atoms with Crippen LogP contribution >= 0.6 is 11.8 Å². The van der Waals surface area contributed by atoms with Gasteiger partial charge >= 0.3 is 0 Å². The smallest absolute Gasteiger partial charge is 0.259 e. The number of hydrogen-bond donors (Lipinski definition) is 1. The second-order valence-electron chi connectivity index (χ2n) is 9.27. The summed E-state index contributed by atoms with van der Waals surface area (Å²) >= 11 is 1.43.